The van der Waals surface area contributed by atoms with Crippen molar-refractivity contribution in [1.82, 2.24) is 9.80 Å². The Labute approximate surface area is 126 Å². The number of amides is 2. The number of rotatable bonds is 4. The molecule has 1 aliphatic carbocycles. The van der Waals surface area contributed by atoms with Crippen LogP contribution >= 0.6 is 0 Å². The summed E-state index contributed by atoms with van der Waals surface area (Å²) in [6, 6.07) is 0.124. The number of carboxylic acids is 1. The Morgan fingerprint density at radius 1 is 1.33 bits per heavy atom. The lowest BCUT2D eigenvalue weighted by Crippen LogP contribution is -2.59. The van der Waals surface area contributed by atoms with E-state index in [1.807, 2.05) is 18.7 Å². The zero-order chi connectivity index (χ0) is 15.4. The fraction of sp³-hybridized carbons (Fsp3) is 0.867. The van der Waals surface area contributed by atoms with Gasteiger partial charge in [-0.2, -0.15) is 0 Å². The Bertz CT molecular complexity index is 384. The molecule has 6 nitrogen and oxygen atoms in total. The Morgan fingerprint density at radius 3 is 2.71 bits per heavy atom. The number of carbonyl (C=O) groups excluding carboxylic acids is 1. The van der Waals surface area contributed by atoms with E-state index < -0.39 is 5.97 Å². The van der Waals surface area contributed by atoms with E-state index in [-0.39, 0.29) is 37.2 Å². The van der Waals surface area contributed by atoms with Crippen molar-refractivity contribution in [1.29, 1.82) is 0 Å². The van der Waals surface area contributed by atoms with Crippen LogP contribution in [0, 0.1) is 0 Å². The second-order valence-electron chi connectivity index (χ2n) is 6.17. The summed E-state index contributed by atoms with van der Waals surface area (Å²) >= 11 is 0. The van der Waals surface area contributed by atoms with Gasteiger partial charge in [0.05, 0.1) is 25.2 Å². The molecular formula is C15H26N2O4. The fourth-order valence-corrected chi connectivity index (χ4v) is 3.29. The predicted octanol–water partition coefficient (Wildman–Crippen LogP) is 1.93. The van der Waals surface area contributed by atoms with Crippen molar-refractivity contribution < 1.29 is 19.4 Å². The van der Waals surface area contributed by atoms with Gasteiger partial charge >= 0.3 is 12.0 Å². The number of carbonyl (C=O) groups is 2. The molecule has 1 saturated heterocycles. The molecule has 1 saturated carbocycles. The Balaban J connectivity index is 2.05. The molecule has 0 aromatic carbocycles. The van der Waals surface area contributed by atoms with Crippen LogP contribution in [-0.2, 0) is 9.53 Å². The van der Waals surface area contributed by atoms with Gasteiger partial charge in [-0.1, -0.05) is 12.8 Å². The molecule has 2 unspecified atom stereocenters. The standard InChI is InChI=1S/C15H26N2O4/c1-11(2)16(8-7-14(18)19)15(20)17-9-10-21-13-6-4-3-5-12(13)17/h11-13H,3-10H2,1-2H3,(H,18,19). The van der Waals surface area contributed by atoms with E-state index >= 15 is 0 Å². The smallest absolute Gasteiger partial charge is 0.320 e. The molecule has 120 valence electrons. The van der Waals surface area contributed by atoms with Gasteiger partial charge in [0.2, 0.25) is 0 Å². The van der Waals surface area contributed by atoms with E-state index in [4.69, 9.17) is 9.84 Å². The number of fused-ring (bicyclic) bond motifs is 1. The lowest BCUT2D eigenvalue weighted by Gasteiger charge is -2.46. The van der Waals surface area contributed by atoms with Crippen LogP contribution in [0.25, 0.3) is 0 Å². The molecule has 0 bridgehead atoms. The fourth-order valence-electron chi connectivity index (χ4n) is 3.29. The molecule has 2 aliphatic rings. The summed E-state index contributed by atoms with van der Waals surface area (Å²) in [5.74, 6) is -0.869. The zero-order valence-corrected chi connectivity index (χ0v) is 13.0. The summed E-state index contributed by atoms with van der Waals surface area (Å²) in [7, 11) is 0. The molecule has 0 radical (unpaired) electrons. The monoisotopic (exact) mass is 298 g/mol. The van der Waals surface area contributed by atoms with Gasteiger partial charge in [0.1, 0.15) is 0 Å². The van der Waals surface area contributed by atoms with Crippen LogP contribution in [0.3, 0.4) is 0 Å². The van der Waals surface area contributed by atoms with Crippen molar-refractivity contribution >= 4 is 12.0 Å². The van der Waals surface area contributed by atoms with Crippen LogP contribution in [0.1, 0.15) is 46.0 Å². The second-order valence-corrected chi connectivity index (χ2v) is 6.17. The number of hydrogen-bond donors (Lipinski definition) is 1. The van der Waals surface area contributed by atoms with Crippen LogP contribution in [-0.4, -0.2) is 64.8 Å². The maximum atomic E-state index is 12.8. The molecule has 1 aliphatic heterocycles. The van der Waals surface area contributed by atoms with Crippen molar-refractivity contribution in [3.05, 3.63) is 0 Å². The van der Waals surface area contributed by atoms with Crippen molar-refractivity contribution in [2.24, 2.45) is 0 Å². The highest BCUT2D eigenvalue weighted by Crippen LogP contribution is 2.29. The van der Waals surface area contributed by atoms with Crippen LogP contribution < -0.4 is 0 Å². The molecule has 1 heterocycles. The van der Waals surface area contributed by atoms with E-state index in [0.29, 0.717) is 13.2 Å². The average molecular weight is 298 g/mol. The molecular weight excluding hydrogens is 272 g/mol. The summed E-state index contributed by atoms with van der Waals surface area (Å²) < 4.78 is 5.79. The predicted molar refractivity (Wildman–Crippen MR) is 78.2 cm³/mol. The van der Waals surface area contributed by atoms with E-state index in [2.05, 4.69) is 0 Å². The summed E-state index contributed by atoms with van der Waals surface area (Å²) in [4.78, 5) is 27.2. The number of ether oxygens (including phenoxy) is 1. The highest BCUT2D eigenvalue weighted by atomic mass is 16.5. The average Bonchev–Trinajstić information content (AvgIpc) is 2.46. The molecule has 0 aromatic rings. The van der Waals surface area contributed by atoms with E-state index in [9.17, 15) is 9.59 Å². The summed E-state index contributed by atoms with van der Waals surface area (Å²) in [6.45, 7) is 5.31. The maximum absolute atomic E-state index is 12.8. The number of morpholine rings is 1. The Hall–Kier alpha value is -1.30. The first kappa shape index (κ1) is 16.1. The van der Waals surface area contributed by atoms with Gasteiger partial charge in [-0.3, -0.25) is 4.79 Å². The van der Waals surface area contributed by atoms with Gasteiger partial charge in [0.25, 0.3) is 0 Å². The zero-order valence-electron chi connectivity index (χ0n) is 13.0. The third-order valence-electron chi connectivity index (χ3n) is 4.41. The van der Waals surface area contributed by atoms with Gasteiger partial charge in [0.15, 0.2) is 0 Å². The SMILES string of the molecule is CC(C)N(CCC(=O)O)C(=O)N1CCOC2CCCCC21. The van der Waals surface area contributed by atoms with Gasteiger partial charge in [-0.15, -0.1) is 0 Å². The molecule has 2 amide bonds. The number of aliphatic carboxylic acids is 1. The molecule has 2 fully saturated rings. The van der Waals surface area contributed by atoms with Crippen LogP contribution in [0.4, 0.5) is 4.79 Å². The third kappa shape index (κ3) is 3.87. The minimum Gasteiger partial charge on any atom is -0.481 e. The largest absolute Gasteiger partial charge is 0.481 e. The number of urea groups is 1. The maximum Gasteiger partial charge on any atom is 0.320 e. The first-order valence-electron chi connectivity index (χ1n) is 7.91. The first-order chi connectivity index (χ1) is 10.0. The second kappa shape index (κ2) is 7.11. The van der Waals surface area contributed by atoms with Gasteiger partial charge in [-0.25, -0.2) is 4.79 Å². The molecule has 0 spiro atoms. The molecule has 6 heteroatoms. The number of hydrogen-bond acceptors (Lipinski definition) is 3. The van der Waals surface area contributed by atoms with Crippen molar-refractivity contribution in [2.45, 2.75) is 64.1 Å². The number of nitrogens with zero attached hydrogens (tertiary/aromatic N) is 2. The minimum atomic E-state index is -0.869. The summed E-state index contributed by atoms with van der Waals surface area (Å²) in [5, 5.41) is 8.85. The van der Waals surface area contributed by atoms with E-state index in [1.165, 1.54) is 0 Å². The van der Waals surface area contributed by atoms with Crippen LogP contribution in [0.5, 0.6) is 0 Å². The normalized spacial score (nSPS) is 25.6. The highest BCUT2D eigenvalue weighted by Gasteiger charge is 2.38. The van der Waals surface area contributed by atoms with Gasteiger partial charge in [0, 0.05) is 19.1 Å². The minimum absolute atomic E-state index is 0.00161. The van der Waals surface area contributed by atoms with Crippen molar-refractivity contribution in [2.75, 3.05) is 19.7 Å². The lowest BCUT2D eigenvalue weighted by molar-refractivity contribution is -0.137. The first-order valence-corrected chi connectivity index (χ1v) is 7.91. The number of carboxylic acid groups (broad SMARTS) is 1. The Morgan fingerprint density at radius 2 is 2.05 bits per heavy atom. The van der Waals surface area contributed by atoms with E-state index in [1.54, 1.807) is 4.90 Å². The molecule has 1 N–H and O–H groups in total. The molecule has 0 aromatic heterocycles. The van der Waals surface area contributed by atoms with Gasteiger partial charge in [-0.05, 0) is 26.7 Å². The molecule has 2 atom stereocenters. The van der Waals surface area contributed by atoms with Crippen LogP contribution in [0.2, 0.25) is 0 Å². The van der Waals surface area contributed by atoms with Crippen LogP contribution in [0.15, 0.2) is 0 Å². The summed E-state index contributed by atoms with van der Waals surface area (Å²) in [5.41, 5.74) is 0. The van der Waals surface area contributed by atoms with E-state index in [0.717, 1.165) is 25.7 Å². The lowest BCUT2D eigenvalue weighted by atomic mass is 9.90. The van der Waals surface area contributed by atoms with Gasteiger partial charge < -0.3 is 19.6 Å². The third-order valence-corrected chi connectivity index (χ3v) is 4.41. The molecule has 2 rings (SSSR count). The van der Waals surface area contributed by atoms with Crippen molar-refractivity contribution in [3.63, 3.8) is 0 Å². The topological polar surface area (TPSA) is 70.1 Å². The molecule has 21 heavy (non-hydrogen) atoms. The highest BCUT2D eigenvalue weighted by molar-refractivity contribution is 5.76. The quantitative estimate of drug-likeness (QED) is 0.861. The Kier molecular flexibility index (Phi) is 5.45. The van der Waals surface area contributed by atoms with Crippen molar-refractivity contribution in [3.8, 4) is 0 Å². The summed E-state index contributed by atoms with van der Waals surface area (Å²) in [6.07, 6.45) is 4.45.